The van der Waals surface area contributed by atoms with Crippen LogP contribution in [-0.2, 0) is 29.1 Å². The van der Waals surface area contributed by atoms with Gasteiger partial charge < -0.3 is 10.6 Å². The van der Waals surface area contributed by atoms with Crippen LogP contribution in [0, 0.1) is 13.8 Å². The SMILES string of the molecule is CCn1nc(C)c(CNC(=O)C[C@@H]2C(=O)NCCN2CCCc2ccccc2)c1C. The van der Waals surface area contributed by atoms with Gasteiger partial charge in [-0.15, -0.1) is 0 Å². The molecule has 1 atom stereocenters. The Labute approximate surface area is 178 Å². The summed E-state index contributed by atoms with van der Waals surface area (Å²) in [6.07, 6.45) is 2.11. The largest absolute Gasteiger partial charge is 0.353 e. The van der Waals surface area contributed by atoms with E-state index in [1.807, 2.05) is 36.7 Å². The minimum absolute atomic E-state index is 0.0534. The molecule has 2 N–H and O–H groups in total. The third-order valence-electron chi connectivity index (χ3n) is 5.87. The van der Waals surface area contributed by atoms with Crippen LogP contribution in [0.2, 0.25) is 0 Å². The number of hydrogen-bond donors (Lipinski definition) is 2. The van der Waals surface area contributed by atoms with E-state index >= 15 is 0 Å². The first-order chi connectivity index (χ1) is 14.5. The van der Waals surface area contributed by atoms with Gasteiger partial charge in [0.2, 0.25) is 11.8 Å². The first-order valence-corrected chi connectivity index (χ1v) is 10.8. The van der Waals surface area contributed by atoms with E-state index in [0.29, 0.717) is 13.1 Å². The van der Waals surface area contributed by atoms with Gasteiger partial charge in [-0.1, -0.05) is 30.3 Å². The minimum atomic E-state index is -0.407. The Morgan fingerprint density at radius 1 is 1.27 bits per heavy atom. The van der Waals surface area contributed by atoms with Crippen molar-refractivity contribution >= 4 is 11.8 Å². The molecule has 0 aliphatic carbocycles. The molecule has 2 aromatic rings. The van der Waals surface area contributed by atoms with Gasteiger partial charge in [-0.25, -0.2) is 0 Å². The summed E-state index contributed by atoms with van der Waals surface area (Å²) in [6, 6.07) is 9.95. The van der Waals surface area contributed by atoms with Crippen molar-refractivity contribution in [1.29, 1.82) is 0 Å². The quantitative estimate of drug-likeness (QED) is 0.661. The number of hydrogen-bond acceptors (Lipinski definition) is 4. The van der Waals surface area contributed by atoms with Crippen LogP contribution in [0.15, 0.2) is 30.3 Å². The molecule has 0 unspecified atom stereocenters. The second-order valence-corrected chi connectivity index (χ2v) is 7.88. The molecule has 162 valence electrons. The predicted molar refractivity (Wildman–Crippen MR) is 117 cm³/mol. The number of nitrogens with zero attached hydrogens (tertiary/aromatic N) is 3. The third kappa shape index (κ3) is 5.48. The second kappa shape index (κ2) is 10.4. The lowest BCUT2D eigenvalue weighted by molar-refractivity contribution is -0.134. The van der Waals surface area contributed by atoms with Gasteiger partial charge in [0, 0.05) is 37.4 Å². The van der Waals surface area contributed by atoms with E-state index in [0.717, 1.165) is 49.4 Å². The molecule has 0 bridgehead atoms. The summed E-state index contributed by atoms with van der Waals surface area (Å²) in [5.74, 6) is -0.157. The van der Waals surface area contributed by atoms with Crippen molar-refractivity contribution in [3.63, 3.8) is 0 Å². The molecule has 0 saturated carbocycles. The Kier molecular flexibility index (Phi) is 7.63. The van der Waals surface area contributed by atoms with E-state index in [1.54, 1.807) is 0 Å². The van der Waals surface area contributed by atoms with E-state index in [1.165, 1.54) is 5.56 Å². The number of aromatic nitrogens is 2. The topological polar surface area (TPSA) is 79.3 Å². The van der Waals surface area contributed by atoms with Crippen molar-refractivity contribution < 1.29 is 9.59 Å². The average Bonchev–Trinajstić information content (AvgIpc) is 3.02. The zero-order valence-electron chi connectivity index (χ0n) is 18.3. The average molecular weight is 412 g/mol. The van der Waals surface area contributed by atoms with E-state index in [4.69, 9.17) is 0 Å². The van der Waals surface area contributed by atoms with Crippen LogP contribution in [0.3, 0.4) is 0 Å². The summed E-state index contributed by atoms with van der Waals surface area (Å²) in [6.45, 7) is 9.51. The first kappa shape index (κ1) is 22.0. The van der Waals surface area contributed by atoms with Crippen LogP contribution in [-0.4, -0.2) is 52.2 Å². The molecule has 1 fully saturated rings. The number of carbonyl (C=O) groups excluding carboxylic acids is 2. The van der Waals surface area contributed by atoms with Gasteiger partial charge in [-0.2, -0.15) is 5.10 Å². The fourth-order valence-corrected chi connectivity index (χ4v) is 4.12. The molecule has 1 aliphatic heterocycles. The van der Waals surface area contributed by atoms with Gasteiger partial charge in [0.05, 0.1) is 18.2 Å². The van der Waals surface area contributed by atoms with Crippen molar-refractivity contribution in [3.8, 4) is 0 Å². The maximum atomic E-state index is 12.6. The molecule has 2 amide bonds. The molecule has 7 heteroatoms. The molecule has 0 radical (unpaired) electrons. The van der Waals surface area contributed by atoms with Gasteiger partial charge in [0.1, 0.15) is 0 Å². The molecule has 1 aromatic heterocycles. The number of rotatable bonds is 9. The van der Waals surface area contributed by atoms with Gasteiger partial charge in [-0.05, 0) is 45.7 Å². The lowest BCUT2D eigenvalue weighted by atomic mass is 10.1. The predicted octanol–water partition coefficient (Wildman–Crippen LogP) is 1.96. The lowest BCUT2D eigenvalue weighted by Crippen LogP contribution is -2.56. The molecule has 0 spiro atoms. The van der Waals surface area contributed by atoms with Crippen LogP contribution in [0.1, 0.15) is 42.3 Å². The van der Waals surface area contributed by atoms with Crippen molar-refractivity contribution in [2.45, 2.75) is 59.2 Å². The van der Waals surface area contributed by atoms with E-state index in [2.05, 4.69) is 39.7 Å². The Hall–Kier alpha value is -2.67. The number of carbonyl (C=O) groups is 2. The van der Waals surface area contributed by atoms with Crippen LogP contribution in [0.25, 0.3) is 0 Å². The van der Waals surface area contributed by atoms with Gasteiger partial charge in [0.25, 0.3) is 0 Å². The van der Waals surface area contributed by atoms with Gasteiger partial charge in [-0.3, -0.25) is 19.2 Å². The van der Waals surface area contributed by atoms with E-state index in [9.17, 15) is 9.59 Å². The van der Waals surface area contributed by atoms with Crippen LogP contribution < -0.4 is 10.6 Å². The van der Waals surface area contributed by atoms with Crippen molar-refractivity contribution in [1.82, 2.24) is 25.3 Å². The monoisotopic (exact) mass is 411 g/mol. The standard InChI is InChI=1S/C23H33N5O2/c1-4-28-18(3)20(17(2)26-28)16-25-22(29)15-21-23(30)24-12-14-27(21)13-8-11-19-9-6-5-7-10-19/h5-7,9-10,21H,4,8,11-16H2,1-3H3,(H,24,30)(H,25,29)/t21-/m1/s1. The summed E-state index contributed by atoms with van der Waals surface area (Å²) < 4.78 is 1.94. The highest BCUT2D eigenvalue weighted by atomic mass is 16.2. The van der Waals surface area contributed by atoms with Crippen LogP contribution in [0.5, 0.6) is 0 Å². The van der Waals surface area contributed by atoms with E-state index in [-0.39, 0.29) is 18.2 Å². The fraction of sp³-hybridized carbons (Fsp3) is 0.522. The van der Waals surface area contributed by atoms with Crippen LogP contribution >= 0.6 is 0 Å². The van der Waals surface area contributed by atoms with Crippen molar-refractivity contribution in [2.75, 3.05) is 19.6 Å². The second-order valence-electron chi connectivity index (χ2n) is 7.88. The number of amides is 2. The Morgan fingerprint density at radius 3 is 2.73 bits per heavy atom. The summed E-state index contributed by atoms with van der Waals surface area (Å²) in [5.41, 5.74) is 4.37. The number of nitrogens with one attached hydrogen (secondary N) is 2. The third-order valence-corrected chi connectivity index (χ3v) is 5.87. The lowest BCUT2D eigenvalue weighted by Gasteiger charge is -2.34. The Morgan fingerprint density at radius 2 is 2.03 bits per heavy atom. The Bertz CT molecular complexity index is 862. The van der Waals surface area contributed by atoms with E-state index < -0.39 is 6.04 Å². The molecule has 2 heterocycles. The molecular weight excluding hydrogens is 378 g/mol. The smallest absolute Gasteiger partial charge is 0.237 e. The maximum Gasteiger partial charge on any atom is 0.237 e. The minimum Gasteiger partial charge on any atom is -0.353 e. The van der Waals surface area contributed by atoms with Gasteiger partial charge in [0.15, 0.2) is 0 Å². The number of benzene rings is 1. The normalized spacial score (nSPS) is 17.0. The first-order valence-electron chi connectivity index (χ1n) is 10.8. The van der Waals surface area contributed by atoms with Crippen molar-refractivity contribution in [2.24, 2.45) is 0 Å². The highest BCUT2D eigenvalue weighted by Crippen LogP contribution is 2.14. The highest BCUT2D eigenvalue weighted by molar-refractivity contribution is 5.88. The molecular formula is C23H33N5O2. The van der Waals surface area contributed by atoms with Gasteiger partial charge >= 0.3 is 0 Å². The molecule has 1 aromatic carbocycles. The number of aryl methyl sites for hydroxylation is 3. The zero-order chi connectivity index (χ0) is 21.5. The molecule has 1 saturated heterocycles. The molecule has 30 heavy (non-hydrogen) atoms. The molecule has 3 rings (SSSR count). The summed E-state index contributed by atoms with van der Waals surface area (Å²) in [7, 11) is 0. The zero-order valence-corrected chi connectivity index (χ0v) is 18.3. The summed E-state index contributed by atoms with van der Waals surface area (Å²) >= 11 is 0. The number of piperazine rings is 1. The Balaban J connectivity index is 1.53. The summed E-state index contributed by atoms with van der Waals surface area (Å²) in [5, 5.41) is 10.4. The fourth-order valence-electron chi connectivity index (χ4n) is 4.12. The van der Waals surface area contributed by atoms with Crippen LogP contribution in [0.4, 0.5) is 0 Å². The highest BCUT2D eigenvalue weighted by Gasteiger charge is 2.31. The maximum absolute atomic E-state index is 12.6. The van der Waals surface area contributed by atoms with Crippen molar-refractivity contribution in [3.05, 3.63) is 52.8 Å². The molecule has 1 aliphatic rings. The molecule has 7 nitrogen and oxygen atoms in total. The summed E-state index contributed by atoms with van der Waals surface area (Å²) in [4.78, 5) is 27.2.